The van der Waals surface area contributed by atoms with Gasteiger partial charge in [0.05, 0.1) is 12.6 Å². The molecule has 0 bridgehead atoms. The minimum Gasteiger partial charge on any atom is -0.392 e. The zero-order valence-corrected chi connectivity index (χ0v) is 12.1. The lowest BCUT2D eigenvalue weighted by Gasteiger charge is -2.22. The molecule has 0 aromatic heterocycles. The van der Waals surface area contributed by atoms with Gasteiger partial charge in [-0.2, -0.15) is 0 Å². The van der Waals surface area contributed by atoms with Crippen LogP contribution in [0.15, 0.2) is 4.99 Å². The first-order valence-corrected chi connectivity index (χ1v) is 7.75. The van der Waals surface area contributed by atoms with Gasteiger partial charge in [-0.1, -0.05) is 52.4 Å². The molecule has 0 spiro atoms. The average molecular weight is 254 g/mol. The van der Waals surface area contributed by atoms with Crippen molar-refractivity contribution in [1.82, 2.24) is 5.32 Å². The van der Waals surface area contributed by atoms with Crippen LogP contribution in [0.3, 0.4) is 0 Å². The number of aliphatic hydroxyl groups is 1. The number of rotatable bonds is 10. The predicted molar refractivity (Wildman–Crippen MR) is 78.1 cm³/mol. The van der Waals surface area contributed by atoms with Crippen LogP contribution in [0.25, 0.3) is 0 Å². The Hall–Kier alpha value is -0.570. The summed E-state index contributed by atoms with van der Waals surface area (Å²) in [6, 6.07) is 0. The molecule has 0 saturated heterocycles. The minimum atomic E-state index is -0.231. The summed E-state index contributed by atoms with van der Waals surface area (Å²) in [4.78, 5) is 4.48. The number of aliphatic imine (C=N–C) groups is 1. The molecular weight excluding hydrogens is 224 g/mol. The van der Waals surface area contributed by atoms with Gasteiger partial charge in [-0.3, -0.25) is 4.99 Å². The fourth-order valence-electron chi connectivity index (χ4n) is 2.61. The second-order valence-electron chi connectivity index (χ2n) is 5.33. The van der Waals surface area contributed by atoms with Crippen molar-refractivity contribution in [3.05, 3.63) is 0 Å². The lowest BCUT2D eigenvalue weighted by Crippen LogP contribution is -2.35. The van der Waals surface area contributed by atoms with Gasteiger partial charge in [-0.15, -0.1) is 0 Å². The molecule has 2 atom stereocenters. The van der Waals surface area contributed by atoms with E-state index >= 15 is 0 Å². The molecular formula is C15H30N2O. The van der Waals surface area contributed by atoms with Crippen LogP contribution in [-0.4, -0.2) is 30.1 Å². The van der Waals surface area contributed by atoms with E-state index in [2.05, 4.69) is 24.2 Å². The van der Waals surface area contributed by atoms with Crippen molar-refractivity contribution >= 4 is 5.84 Å². The zero-order chi connectivity index (χ0) is 13.2. The van der Waals surface area contributed by atoms with Crippen LogP contribution in [0.4, 0.5) is 0 Å². The number of unbranched alkanes of at least 4 members (excludes halogenated alkanes) is 5. The lowest BCUT2D eigenvalue weighted by atomic mass is 9.92. The molecule has 1 rings (SSSR count). The number of hydrogen-bond donors (Lipinski definition) is 2. The second kappa shape index (κ2) is 9.37. The Morgan fingerprint density at radius 2 is 1.89 bits per heavy atom. The smallest absolute Gasteiger partial charge is 0.102 e. The molecule has 0 amide bonds. The third-order valence-corrected chi connectivity index (χ3v) is 3.80. The van der Waals surface area contributed by atoms with Gasteiger partial charge in [0.25, 0.3) is 0 Å². The number of aliphatic hydroxyl groups excluding tert-OH is 1. The van der Waals surface area contributed by atoms with Crippen molar-refractivity contribution in [3.8, 4) is 0 Å². The quantitative estimate of drug-likeness (QED) is 0.588. The maximum Gasteiger partial charge on any atom is 0.102 e. The molecule has 1 heterocycles. The maximum absolute atomic E-state index is 10.1. The van der Waals surface area contributed by atoms with Crippen molar-refractivity contribution in [2.45, 2.75) is 71.3 Å². The molecule has 0 aromatic carbocycles. The van der Waals surface area contributed by atoms with Gasteiger partial charge in [0.2, 0.25) is 0 Å². The number of nitrogens with zero attached hydrogens (tertiary/aromatic N) is 1. The number of nitrogens with one attached hydrogen (secondary N) is 1. The minimum absolute atomic E-state index is 0.231. The number of amidine groups is 1. The molecule has 3 nitrogen and oxygen atoms in total. The van der Waals surface area contributed by atoms with Crippen molar-refractivity contribution in [2.24, 2.45) is 10.9 Å². The standard InChI is InChI=1S/C15H30N2O/c1-3-5-6-7-8-9-10-13(14(18)4-2)15-16-11-12-17-15/h13-14,18H,3-12H2,1-2H3,(H,16,17). The molecule has 2 N–H and O–H groups in total. The van der Waals surface area contributed by atoms with Crippen LogP contribution < -0.4 is 5.32 Å². The summed E-state index contributed by atoms with van der Waals surface area (Å²) in [5, 5.41) is 13.4. The van der Waals surface area contributed by atoms with Crippen LogP contribution in [-0.2, 0) is 0 Å². The first-order chi connectivity index (χ1) is 8.79. The summed E-state index contributed by atoms with van der Waals surface area (Å²) >= 11 is 0. The average Bonchev–Trinajstić information content (AvgIpc) is 2.91. The summed E-state index contributed by atoms with van der Waals surface area (Å²) in [5.74, 6) is 1.29. The van der Waals surface area contributed by atoms with Gasteiger partial charge >= 0.3 is 0 Å². The van der Waals surface area contributed by atoms with E-state index in [4.69, 9.17) is 0 Å². The Morgan fingerprint density at radius 3 is 2.50 bits per heavy atom. The van der Waals surface area contributed by atoms with E-state index in [1.807, 2.05) is 0 Å². The number of hydrogen-bond acceptors (Lipinski definition) is 3. The highest BCUT2D eigenvalue weighted by Crippen LogP contribution is 2.19. The highest BCUT2D eigenvalue weighted by molar-refractivity contribution is 5.86. The van der Waals surface area contributed by atoms with Crippen molar-refractivity contribution in [2.75, 3.05) is 13.1 Å². The van der Waals surface area contributed by atoms with Crippen molar-refractivity contribution in [1.29, 1.82) is 0 Å². The molecule has 106 valence electrons. The first kappa shape index (κ1) is 15.5. The second-order valence-corrected chi connectivity index (χ2v) is 5.33. The third kappa shape index (κ3) is 5.38. The Balaban J connectivity index is 2.24. The molecule has 1 aliphatic heterocycles. The molecule has 0 aromatic rings. The van der Waals surface area contributed by atoms with Crippen LogP contribution in [0.1, 0.15) is 65.2 Å². The van der Waals surface area contributed by atoms with E-state index in [0.717, 1.165) is 31.8 Å². The Kier molecular flexibility index (Phi) is 8.06. The Labute approximate surface area is 112 Å². The third-order valence-electron chi connectivity index (χ3n) is 3.80. The van der Waals surface area contributed by atoms with Crippen LogP contribution in [0, 0.1) is 5.92 Å². The highest BCUT2D eigenvalue weighted by Gasteiger charge is 2.24. The van der Waals surface area contributed by atoms with Gasteiger partial charge in [0.1, 0.15) is 5.84 Å². The monoisotopic (exact) mass is 254 g/mol. The molecule has 18 heavy (non-hydrogen) atoms. The largest absolute Gasteiger partial charge is 0.392 e. The molecule has 2 unspecified atom stereocenters. The van der Waals surface area contributed by atoms with Crippen LogP contribution in [0.5, 0.6) is 0 Å². The molecule has 0 fully saturated rings. The zero-order valence-electron chi connectivity index (χ0n) is 12.1. The summed E-state index contributed by atoms with van der Waals surface area (Å²) in [7, 11) is 0. The van der Waals surface area contributed by atoms with E-state index in [-0.39, 0.29) is 12.0 Å². The van der Waals surface area contributed by atoms with E-state index in [1.54, 1.807) is 0 Å². The van der Waals surface area contributed by atoms with Gasteiger partial charge < -0.3 is 10.4 Å². The van der Waals surface area contributed by atoms with Gasteiger partial charge in [-0.25, -0.2) is 0 Å². The summed E-state index contributed by atoms with van der Waals surface area (Å²) in [5.41, 5.74) is 0. The maximum atomic E-state index is 10.1. The first-order valence-electron chi connectivity index (χ1n) is 7.75. The highest BCUT2D eigenvalue weighted by atomic mass is 16.3. The topological polar surface area (TPSA) is 44.6 Å². The molecule has 0 radical (unpaired) electrons. The SMILES string of the molecule is CCCCCCCCC(C1=NCCN1)C(O)CC. The van der Waals surface area contributed by atoms with E-state index in [1.165, 1.54) is 38.5 Å². The predicted octanol–water partition coefficient (Wildman–Crippen LogP) is 3.13. The van der Waals surface area contributed by atoms with Crippen LogP contribution in [0.2, 0.25) is 0 Å². The van der Waals surface area contributed by atoms with Crippen molar-refractivity contribution in [3.63, 3.8) is 0 Å². The molecule has 3 heteroatoms. The van der Waals surface area contributed by atoms with Gasteiger partial charge in [0, 0.05) is 12.5 Å². The van der Waals surface area contributed by atoms with E-state index in [0.29, 0.717) is 0 Å². The fraction of sp³-hybridized carbons (Fsp3) is 0.933. The van der Waals surface area contributed by atoms with Crippen molar-refractivity contribution < 1.29 is 5.11 Å². The Morgan fingerprint density at radius 1 is 1.17 bits per heavy atom. The molecule has 1 aliphatic rings. The molecule has 0 saturated carbocycles. The van der Waals surface area contributed by atoms with Gasteiger partial charge in [0.15, 0.2) is 0 Å². The fourth-order valence-corrected chi connectivity index (χ4v) is 2.61. The summed E-state index contributed by atoms with van der Waals surface area (Å²) in [6.07, 6.45) is 9.53. The summed E-state index contributed by atoms with van der Waals surface area (Å²) in [6.45, 7) is 6.11. The molecule has 0 aliphatic carbocycles. The Bertz CT molecular complexity index is 241. The lowest BCUT2D eigenvalue weighted by molar-refractivity contribution is 0.127. The van der Waals surface area contributed by atoms with Gasteiger partial charge in [-0.05, 0) is 12.8 Å². The van der Waals surface area contributed by atoms with Crippen LogP contribution >= 0.6 is 0 Å². The van der Waals surface area contributed by atoms with E-state index < -0.39 is 0 Å². The normalized spacial score (nSPS) is 18.3. The van der Waals surface area contributed by atoms with E-state index in [9.17, 15) is 5.11 Å². The summed E-state index contributed by atoms with van der Waals surface area (Å²) < 4.78 is 0.